The van der Waals surface area contributed by atoms with Gasteiger partial charge in [-0.2, -0.15) is 0 Å². The zero-order valence-electron chi connectivity index (χ0n) is 20.2. The molecule has 0 amide bonds. The summed E-state index contributed by atoms with van der Waals surface area (Å²) < 4.78 is 17.9. The summed E-state index contributed by atoms with van der Waals surface area (Å²) in [5.74, 6) is -0.431. The number of aromatic amines is 1. The van der Waals surface area contributed by atoms with Gasteiger partial charge >= 0.3 is 11.7 Å². The van der Waals surface area contributed by atoms with Crippen LogP contribution in [0.3, 0.4) is 0 Å². The van der Waals surface area contributed by atoms with E-state index in [4.69, 9.17) is 19.7 Å². The highest BCUT2D eigenvalue weighted by Gasteiger charge is 2.37. The Balaban J connectivity index is 1.67. The van der Waals surface area contributed by atoms with Crippen LogP contribution in [-0.4, -0.2) is 47.5 Å². The molecule has 34 heavy (non-hydrogen) atoms. The van der Waals surface area contributed by atoms with Gasteiger partial charge in [-0.3, -0.25) is 19.1 Å². The molecular weight excluding hydrogens is 442 g/mol. The largest absolute Gasteiger partial charge is 0.463 e. The van der Waals surface area contributed by atoms with Gasteiger partial charge in [0.1, 0.15) is 18.9 Å². The van der Waals surface area contributed by atoms with Crippen molar-refractivity contribution in [1.29, 1.82) is 0 Å². The molecule has 0 bridgehead atoms. The Morgan fingerprint density at radius 3 is 2.62 bits per heavy atom. The Kier molecular flexibility index (Phi) is 12.4. The summed E-state index contributed by atoms with van der Waals surface area (Å²) in [7, 11) is 0. The van der Waals surface area contributed by atoms with Crippen LogP contribution in [0.2, 0.25) is 0 Å². The number of hydrogen-bond acceptors (Lipinski definition) is 7. The predicted molar refractivity (Wildman–Crippen MR) is 127 cm³/mol. The van der Waals surface area contributed by atoms with Gasteiger partial charge in [0.05, 0.1) is 19.1 Å². The molecule has 1 aliphatic rings. The third-order valence-electron chi connectivity index (χ3n) is 5.86. The number of aryl methyl sites for hydroxylation is 1. The lowest BCUT2D eigenvalue weighted by Crippen LogP contribution is -2.33. The second kappa shape index (κ2) is 15.3. The minimum Gasteiger partial charge on any atom is -0.463 e. The van der Waals surface area contributed by atoms with Crippen molar-refractivity contribution in [1.82, 2.24) is 9.55 Å². The molecule has 0 radical (unpaired) electrons. The Bertz CT molecular complexity index is 923. The van der Waals surface area contributed by atoms with E-state index in [0.717, 1.165) is 12.8 Å². The van der Waals surface area contributed by atoms with E-state index in [-0.39, 0.29) is 26.1 Å². The van der Waals surface area contributed by atoms with Gasteiger partial charge in [0.15, 0.2) is 0 Å². The molecule has 3 atom stereocenters. The quantitative estimate of drug-likeness (QED) is 0.125. The van der Waals surface area contributed by atoms with Crippen LogP contribution in [0.25, 0.3) is 10.4 Å². The van der Waals surface area contributed by atoms with Crippen molar-refractivity contribution in [2.45, 2.75) is 96.4 Å². The molecule has 11 nitrogen and oxygen atoms in total. The number of esters is 1. The molecule has 0 spiro atoms. The van der Waals surface area contributed by atoms with Gasteiger partial charge in [-0.05, 0) is 18.9 Å². The van der Waals surface area contributed by atoms with Crippen LogP contribution in [-0.2, 0) is 19.0 Å². The molecule has 0 aromatic carbocycles. The van der Waals surface area contributed by atoms with Crippen molar-refractivity contribution in [3.63, 3.8) is 0 Å². The number of H-pyrrole nitrogens is 1. The van der Waals surface area contributed by atoms with Crippen molar-refractivity contribution >= 4 is 5.97 Å². The summed E-state index contributed by atoms with van der Waals surface area (Å²) in [5.41, 5.74) is 8.11. The topological polar surface area (TPSA) is 148 Å². The molecule has 0 unspecified atom stereocenters. The van der Waals surface area contributed by atoms with Gasteiger partial charge in [-0.15, -0.1) is 0 Å². The number of unbranched alkanes of at least 4 members (excludes halogenated alkanes) is 7. The Morgan fingerprint density at radius 1 is 1.21 bits per heavy atom. The molecule has 190 valence electrons. The van der Waals surface area contributed by atoms with Gasteiger partial charge < -0.3 is 14.2 Å². The number of ether oxygens (including phenoxy) is 3. The van der Waals surface area contributed by atoms with Crippen LogP contribution in [0.1, 0.15) is 82.9 Å². The van der Waals surface area contributed by atoms with E-state index in [1.807, 2.05) is 0 Å². The lowest BCUT2D eigenvalue weighted by Gasteiger charge is -2.17. The number of nitrogens with zero attached hydrogens (tertiary/aromatic N) is 4. The van der Waals surface area contributed by atoms with Crippen LogP contribution < -0.4 is 11.2 Å². The molecule has 1 saturated heterocycles. The minimum atomic E-state index is -0.739. The first-order chi connectivity index (χ1) is 16.5. The maximum absolute atomic E-state index is 12.1. The van der Waals surface area contributed by atoms with E-state index < -0.39 is 35.6 Å². The second-order valence-electron chi connectivity index (χ2n) is 8.64. The van der Waals surface area contributed by atoms with Crippen molar-refractivity contribution in [2.24, 2.45) is 5.11 Å². The summed E-state index contributed by atoms with van der Waals surface area (Å²) in [5, 5.41) is 3.71. The number of nitrogens with one attached hydrogen (secondary N) is 1. The second-order valence-corrected chi connectivity index (χ2v) is 8.64. The van der Waals surface area contributed by atoms with Gasteiger partial charge in [0.25, 0.3) is 5.56 Å². The molecule has 2 heterocycles. The van der Waals surface area contributed by atoms with E-state index in [1.54, 1.807) is 6.92 Å². The van der Waals surface area contributed by atoms with Crippen LogP contribution in [0.5, 0.6) is 0 Å². The van der Waals surface area contributed by atoms with Crippen molar-refractivity contribution in [3.8, 4) is 0 Å². The summed E-state index contributed by atoms with van der Waals surface area (Å²) >= 11 is 0. The molecule has 11 heteroatoms. The molecule has 1 aliphatic heterocycles. The molecule has 0 saturated carbocycles. The van der Waals surface area contributed by atoms with Gasteiger partial charge in [-0.1, -0.05) is 57.0 Å². The molecule has 0 aliphatic carbocycles. The Morgan fingerprint density at radius 2 is 1.91 bits per heavy atom. The average Bonchev–Trinajstić information content (AvgIpc) is 3.21. The first kappa shape index (κ1) is 27.6. The van der Waals surface area contributed by atoms with E-state index in [2.05, 4.69) is 21.9 Å². The summed E-state index contributed by atoms with van der Waals surface area (Å²) in [6.45, 7) is 4.60. The van der Waals surface area contributed by atoms with Gasteiger partial charge in [-0.25, -0.2) is 4.79 Å². The fourth-order valence-corrected chi connectivity index (χ4v) is 3.87. The number of carbonyl (C=O) groups is 1. The molecule has 1 aromatic heterocycles. The number of aromatic nitrogens is 2. The predicted octanol–water partition coefficient (Wildman–Crippen LogP) is 3.90. The highest BCUT2D eigenvalue weighted by Crippen LogP contribution is 2.30. The van der Waals surface area contributed by atoms with Gasteiger partial charge in [0.2, 0.25) is 0 Å². The van der Waals surface area contributed by atoms with E-state index in [9.17, 15) is 14.4 Å². The smallest absolute Gasteiger partial charge is 0.330 e. The van der Waals surface area contributed by atoms with Crippen molar-refractivity contribution in [2.75, 3.05) is 19.8 Å². The van der Waals surface area contributed by atoms with Crippen molar-refractivity contribution in [3.05, 3.63) is 43.0 Å². The first-order valence-electron chi connectivity index (χ1n) is 12.2. The highest BCUT2D eigenvalue weighted by atomic mass is 16.6. The fraction of sp³-hybridized carbons (Fsp3) is 0.783. The number of hydrogen-bond donors (Lipinski definition) is 1. The van der Waals surface area contributed by atoms with Crippen LogP contribution in [0.15, 0.2) is 20.9 Å². The number of azide groups is 1. The highest BCUT2D eigenvalue weighted by molar-refractivity contribution is 5.69. The molecule has 1 aromatic rings. The molecule has 1 N–H and O–H groups in total. The Labute approximate surface area is 199 Å². The van der Waals surface area contributed by atoms with E-state index >= 15 is 0 Å². The maximum atomic E-state index is 12.1. The fourth-order valence-electron chi connectivity index (χ4n) is 3.87. The summed E-state index contributed by atoms with van der Waals surface area (Å²) in [6, 6.07) is -0.611. The zero-order chi connectivity index (χ0) is 24.8. The van der Waals surface area contributed by atoms with Crippen LogP contribution in [0, 0.1) is 6.92 Å². The number of rotatable bonds is 16. The summed E-state index contributed by atoms with van der Waals surface area (Å²) in [6.07, 6.45) is 10.1. The lowest BCUT2D eigenvalue weighted by atomic mass is 10.1. The van der Waals surface area contributed by atoms with Crippen molar-refractivity contribution < 1.29 is 19.0 Å². The Hall–Kier alpha value is -2.62. The normalized spacial score (nSPS) is 19.6. The lowest BCUT2D eigenvalue weighted by molar-refractivity contribution is -0.149. The minimum absolute atomic E-state index is 0.103. The van der Waals surface area contributed by atoms with Crippen LogP contribution >= 0.6 is 0 Å². The van der Waals surface area contributed by atoms with Crippen LogP contribution in [0.4, 0.5) is 0 Å². The maximum Gasteiger partial charge on any atom is 0.330 e. The van der Waals surface area contributed by atoms with Gasteiger partial charge in [0, 0.05) is 29.7 Å². The third-order valence-corrected chi connectivity index (χ3v) is 5.86. The average molecular weight is 480 g/mol. The van der Waals surface area contributed by atoms with E-state index in [0.29, 0.717) is 12.2 Å². The monoisotopic (exact) mass is 479 g/mol. The number of carbonyl (C=O) groups excluding carboxylic acids is 1. The first-order valence-corrected chi connectivity index (χ1v) is 12.2. The van der Waals surface area contributed by atoms with E-state index in [1.165, 1.54) is 49.3 Å². The molecular formula is C23H37N5O6. The standard InChI is InChI=1S/C23H37N5O6/c1-3-4-5-6-7-8-9-10-12-32-13-11-21(29)33-16-19-18(26-27-24)14-20(34-19)28-15-17(2)22(30)25-23(28)31/h15,18-20H,3-14,16H2,1-2H3,(H,25,30,31)/t18-,19+,20+/m0/s1. The summed E-state index contributed by atoms with van der Waals surface area (Å²) in [4.78, 5) is 40.8. The molecule has 2 rings (SSSR count). The zero-order valence-corrected chi connectivity index (χ0v) is 20.2. The third kappa shape index (κ3) is 9.32. The SMILES string of the molecule is CCCCCCCCCCOCCC(=O)OC[C@H]1O[C@@H](n2cc(C)c(=O)[nH]c2=O)C[C@@H]1N=[N+]=[N-]. The molecule has 1 fully saturated rings.